The van der Waals surface area contributed by atoms with E-state index in [1.807, 2.05) is 6.07 Å². The standard InChI is InChI=1S/C13H19Cl2N3O2S/c1-21(19,20)18-6-4-17(5-7-18)13(9-16)11-8-10(14)2-3-12(11)15/h2-3,8,13H,4-7,9,16H2,1H3. The molecule has 8 heteroatoms. The quantitative estimate of drug-likeness (QED) is 0.893. The fourth-order valence-electron chi connectivity index (χ4n) is 2.59. The largest absolute Gasteiger partial charge is 0.329 e. The average Bonchev–Trinajstić information content (AvgIpc) is 2.43. The molecule has 1 aromatic rings. The van der Waals surface area contributed by atoms with Gasteiger partial charge in [0, 0.05) is 48.8 Å². The molecule has 118 valence electrons. The van der Waals surface area contributed by atoms with Crippen LogP contribution in [0.15, 0.2) is 18.2 Å². The number of halogens is 2. The molecular formula is C13H19Cl2N3O2S. The summed E-state index contributed by atoms with van der Waals surface area (Å²) < 4.78 is 24.6. The van der Waals surface area contributed by atoms with Crippen LogP contribution in [0.4, 0.5) is 0 Å². The third-order valence-electron chi connectivity index (χ3n) is 3.72. The number of hydrogen-bond acceptors (Lipinski definition) is 4. The maximum absolute atomic E-state index is 11.5. The van der Waals surface area contributed by atoms with Gasteiger partial charge in [0.05, 0.1) is 6.26 Å². The van der Waals surface area contributed by atoms with Crippen molar-refractivity contribution < 1.29 is 8.42 Å². The highest BCUT2D eigenvalue weighted by molar-refractivity contribution is 7.88. The number of nitrogens with two attached hydrogens (primary N) is 1. The van der Waals surface area contributed by atoms with Crippen LogP contribution in [-0.2, 0) is 10.0 Å². The molecule has 1 aromatic carbocycles. The molecule has 1 aliphatic heterocycles. The van der Waals surface area contributed by atoms with E-state index >= 15 is 0 Å². The number of piperazine rings is 1. The van der Waals surface area contributed by atoms with Crippen molar-refractivity contribution in [2.75, 3.05) is 39.0 Å². The second-order valence-corrected chi connectivity index (χ2v) is 7.94. The highest BCUT2D eigenvalue weighted by Crippen LogP contribution is 2.30. The Morgan fingerprint density at radius 2 is 1.86 bits per heavy atom. The molecule has 0 aromatic heterocycles. The molecule has 0 bridgehead atoms. The van der Waals surface area contributed by atoms with Crippen molar-refractivity contribution in [2.45, 2.75) is 6.04 Å². The van der Waals surface area contributed by atoms with Crippen LogP contribution in [-0.4, -0.2) is 56.6 Å². The third kappa shape index (κ3) is 4.09. The Morgan fingerprint density at radius 1 is 1.24 bits per heavy atom. The molecule has 1 atom stereocenters. The van der Waals surface area contributed by atoms with E-state index in [4.69, 9.17) is 28.9 Å². The minimum Gasteiger partial charge on any atom is -0.329 e. The van der Waals surface area contributed by atoms with E-state index in [-0.39, 0.29) is 6.04 Å². The van der Waals surface area contributed by atoms with Gasteiger partial charge in [0.25, 0.3) is 0 Å². The van der Waals surface area contributed by atoms with Crippen molar-refractivity contribution in [2.24, 2.45) is 5.73 Å². The van der Waals surface area contributed by atoms with Crippen LogP contribution in [0.2, 0.25) is 10.0 Å². The summed E-state index contributed by atoms with van der Waals surface area (Å²) >= 11 is 12.3. The van der Waals surface area contributed by atoms with Crippen LogP contribution in [0.1, 0.15) is 11.6 Å². The molecule has 21 heavy (non-hydrogen) atoms. The molecule has 1 aliphatic rings. The van der Waals surface area contributed by atoms with Gasteiger partial charge >= 0.3 is 0 Å². The molecule has 0 saturated carbocycles. The van der Waals surface area contributed by atoms with Crippen LogP contribution in [0, 0.1) is 0 Å². The van der Waals surface area contributed by atoms with Gasteiger partial charge in [0.15, 0.2) is 0 Å². The Morgan fingerprint density at radius 3 is 2.38 bits per heavy atom. The number of sulfonamides is 1. The first-order chi connectivity index (χ1) is 9.82. The monoisotopic (exact) mass is 351 g/mol. The van der Waals surface area contributed by atoms with Crippen LogP contribution >= 0.6 is 23.2 Å². The number of benzene rings is 1. The smallest absolute Gasteiger partial charge is 0.211 e. The van der Waals surface area contributed by atoms with Crippen LogP contribution < -0.4 is 5.73 Å². The van der Waals surface area contributed by atoms with E-state index in [1.54, 1.807) is 12.1 Å². The van der Waals surface area contributed by atoms with E-state index in [9.17, 15) is 8.42 Å². The first kappa shape index (κ1) is 17.0. The van der Waals surface area contributed by atoms with Gasteiger partial charge in [0.1, 0.15) is 0 Å². The number of hydrogen-bond donors (Lipinski definition) is 1. The SMILES string of the molecule is CS(=O)(=O)N1CCN(C(CN)c2cc(Cl)ccc2Cl)CC1. The summed E-state index contributed by atoms with van der Waals surface area (Å²) in [6.07, 6.45) is 1.23. The summed E-state index contributed by atoms with van der Waals surface area (Å²) in [7, 11) is -3.13. The molecule has 0 aliphatic carbocycles. The lowest BCUT2D eigenvalue weighted by atomic mass is 10.0. The number of rotatable bonds is 4. The summed E-state index contributed by atoms with van der Waals surface area (Å²) in [6, 6.07) is 5.26. The fraction of sp³-hybridized carbons (Fsp3) is 0.538. The summed E-state index contributed by atoms with van der Waals surface area (Å²) in [5, 5.41) is 1.24. The summed E-state index contributed by atoms with van der Waals surface area (Å²) in [6.45, 7) is 2.58. The van der Waals surface area contributed by atoms with E-state index in [1.165, 1.54) is 10.6 Å². The first-order valence-corrected chi connectivity index (χ1v) is 9.27. The predicted octanol–water partition coefficient (Wildman–Crippen LogP) is 1.57. The van der Waals surface area contributed by atoms with E-state index in [2.05, 4.69) is 4.90 Å². The molecular weight excluding hydrogens is 333 g/mol. The third-order valence-corrected chi connectivity index (χ3v) is 5.61. The number of nitrogens with zero attached hydrogens (tertiary/aromatic N) is 2. The van der Waals surface area contributed by atoms with Gasteiger partial charge in [-0.05, 0) is 23.8 Å². The Labute approximate surface area is 135 Å². The van der Waals surface area contributed by atoms with E-state index in [0.717, 1.165) is 5.56 Å². The fourth-order valence-corrected chi connectivity index (χ4v) is 3.84. The lowest BCUT2D eigenvalue weighted by Gasteiger charge is -2.38. The molecule has 1 unspecified atom stereocenters. The topological polar surface area (TPSA) is 66.6 Å². The highest BCUT2D eigenvalue weighted by Gasteiger charge is 2.28. The van der Waals surface area contributed by atoms with Crippen LogP contribution in [0.25, 0.3) is 0 Å². The van der Waals surface area contributed by atoms with Gasteiger partial charge in [0.2, 0.25) is 10.0 Å². The summed E-state index contributed by atoms with van der Waals surface area (Å²) in [5.41, 5.74) is 6.79. The molecule has 1 heterocycles. The van der Waals surface area contributed by atoms with Gasteiger partial charge in [-0.15, -0.1) is 0 Å². The van der Waals surface area contributed by atoms with Gasteiger partial charge in [-0.2, -0.15) is 4.31 Å². The summed E-state index contributed by atoms with van der Waals surface area (Å²) in [5.74, 6) is 0. The van der Waals surface area contributed by atoms with Crippen molar-refractivity contribution in [3.8, 4) is 0 Å². The second kappa shape index (κ2) is 6.81. The molecule has 0 amide bonds. The molecule has 0 spiro atoms. The zero-order valence-corrected chi connectivity index (χ0v) is 14.1. The molecule has 0 radical (unpaired) electrons. The molecule has 1 fully saturated rings. The van der Waals surface area contributed by atoms with Gasteiger partial charge in [-0.1, -0.05) is 23.2 Å². The lowest BCUT2D eigenvalue weighted by molar-refractivity contribution is 0.140. The normalized spacial score (nSPS) is 19.6. The Kier molecular flexibility index (Phi) is 5.51. The molecule has 5 nitrogen and oxygen atoms in total. The Balaban J connectivity index is 2.15. The van der Waals surface area contributed by atoms with Gasteiger partial charge in [-0.25, -0.2) is 8.42 Å². The Bertz CT molecular complexity index is 601. The predicted molar refractivity (Wildman–Crippen MR) is 86.2 cm³/mol. The zero-order valence-electron chi connectivity index (χ0n) is 11.8. The van der Waals surface area contributed by atoms with Crippen molar-refractivity contribution in [1.82, 2.24) is 9.21 Å². The highest BCUT2D eigenvalue weighted by atomic mass is 35.5. The minimum atomic E-state index is -3.13. The van der Waals surface area contributed by atoms with Gasteiger partial charge in [-0.3, -0.25) is 4.90 Å². The van der Waals surface area contributed by atoms with Crippen LogP contribution in [0.3, 0.4) is 0 Å². The van der Waals surface area contributed by atoms with Crippen molar-refractivity contribution in [3.05, 3.63) is 33.8 Å². The summed E-state index contributed by atoms with van der Waals surface area (Å²) in [4.78, 5) is 2.15. The molecule has 2 rings (SSSR count). The van der Waals surface area contributed by atoms with Crippen molar-refractivity contribution in [1.29, 1.82) is 0 Å². The Hall–Kier alpha value is -0.370. The second-order valence-electron chi connectivity index (χ2n) is 5.12. The van der Waals surface area contributed by atoms with Crippen molar-refractivity contribution >= 4 is 33.2 Å². The molecule has 1 saturated heterocycles. The van der Waals surface area contributed by atoms with E-state index < -0.39 is 10.0 Å². The zero-order chi connectivity index (χ0) is 15.6. The minimum absolute atomic E-state index is 0.0575. The average molecular weight is 352 g/mol. The molecule has 2 N–H and O–H groups in total. The maximum Gasteiger partial charge on any atom is 0.211 e. The first-order valence-electron chi connectivity index (χ1n) is 6.67. The maximum atomic E-state index is 11.5. The van der Waals surface area contributed by atoms with Crippen molar-refractivity contribution in [3.63, 3.8) is 0 Å². The van der Waals surface area contributed by atoms with Gasteiger partial charge < -0.3 is 5.73 Å². The lowest BCUT2D eigenvalue weighted by Crippen LogP contribution is -2.50. The van der Waals surface area contributed by atoms with Crippen LogP contribution in [0.5, 0.6) is 0 Å². The van der Waals surface area contributed by atoms with E-state index in [0.29, 0.717) is 42.8 Å².